The Kier molecular flexibility index (Phi) is 3.59. The average molecular weight is 289 g/mol. The summed E-state index contributed by atoms with van der Waals surface area (Å²) in [6.45, 7) is 3.85. The Morgan fingerprint density at radius 2 is 1.95 bits per heavy atom. The van der Waals surface area contributed by atoms with Crippen molar-refractivity contribution in [3.05, 3.63) is 11.8 Å². The molecule has 0 unspecified atom stereocenters. The Morgan fingerprint density at radius 3 is 2.57 bits per heavy atom. The van der Waals surface area contributed by atoms with E-state index in [0.717, 1.165) is 31.6 Å². The minimum Gasteiger partial charge on any atom is -0.405 e. The van der Waals surface area contributed by atoms with Crippen molar-refractivity contribution >= 4 is 11.9 Å². The van der Waals surface area contributed by atoms with Gasteiger partial charge in [0.1, 0.15) is 0 Å². The first-order chi connectivity index (χ1) is 10.2. The summed E-state index contributed by atoms with van der Waals surface area (Å²) in [4.78, 5) is 15.2. The molecule has 0 aromatic carbocycles. The monoisotopic (exact) mass is 289 g/mol. The maximum absolute atomic E-state index is 5.74. The lowest BCUT2D eigenvalue weighted by Gasteiger charge is -2.16. The topological polar surface area (TPSA) is 81.0 Å². The van der Waals surface area contributed by atoms with Crippen LogP contribution in [0.5, 0.6) is 11.9 Å². The van der Waals surface area contributed by atoms with E-state index in [2.05, 4.69) is 30.3 Å². The van der Waals surface area contributed by atoms with E-state index in [4.69, 9.17) is 4.74 Å². The van der Waals surface area contributed by atoms with E-state index < -0.39 is 0 Å². The molecule has 1 fully saturated rings. The average Bonchev–Trinajstić information content (AvgIpc) is 3.09. The minimum absolute atomic E-state index is 0.277. The van der Waals surface area contributed by atoms with Crippen molar-refractivity contribution in [3.8, 4) is 11.9 Å². The van der Waals surface area contributed by atoms with Crippen molar-refractivity contribution < 1.29 is 4.74 Å². The molecule has 2 aromatic heterocycles. The third-order valence-corrected chi connectivity index (χ3v) is 3.37. The van der Waals surface area contributed by atoms with Gasteiger partial charge in [-0.2, -0.15) is 20.1 Å². The first-order valence-electron chi connectivity index (χ1n) is 7.03. The number of aryl methyl sites for hydroxylation is 2. The van der Waals surface area contributed by atoms with E-state index in [0.29, 0.717) is 17.8 Å². The van der Waals surface area contributed by atoms with Crippen molar-refractivity contribution in [2.75, 3.05) is 30.4 Å². The standard InChI is InChI=1S/C13H19N7O/c1-9-8-10(19(3)18-9)21-13-16-11(14-2)15-12(17-13)20-6-4-5-7-20/h8H,4-7H2,1-3H3,(H,14,15,16,17). The zero-order valence-corrected chi connectivity index (χ0v) is 12.5. The number of nitrogens with one attached hydrogen (secondary N) is 1. The van der Waals surface area contributed by atoms with Crippen LogP contribution in [0, 0.1) is 6.92 Å². The maximum atomic E-state index is 5.74. The molecule has 0 bridgehead atoms. The highest BCUT2D eigenvalue weighted by Crippen LogP contribution is 2.23. The third kappa shape index (κ3) is 2.88. The van der Waals surface area contributed by atoms with Crippen molar-refractivity contribution in [1.29, 1.82) is 0 Å². The van der Waals surface area contributed by atoms with E-state index in [-0.39, 0.29) is 6.01 Å². The second-order valence-corrected chi connectivity index (χ2v) is 5.04. The molecular formula is C13H19N7O. The van der Waals surface area contributed by atoms with Gasteiger partial charge in [0.25, 0.3) is 0 Å². The molecular weight excluding hydrogens is 270 g/mol. The van der Waals surface area contributed by atoms with Crippen molar-refractivity contribution in [3.63, 3.8) is 0 Å². The van der Waals surface area contributed by atoms with E-state index in [1.165, 1.54) is 0 Å². The van der Waals surface area contributed by atoms with Crippen molar-refractivity contribution in [2.45, 2.75) is 19.8 Å². The molecule has 1 saturated heterocycles. The highest BCUT2D eigenvalue weighted by Gasteiger charge is 2.18. The van der Waals surface area contributed by atoms with Crippen LogP contribution in [0.4, 0.5) is 11.9 Å². The summed E-state index contributed by atoms with van der Waals surface area (Å²) in [5, 5.41) is 7.19. The van der Waals surface area contributed by atoms with E-state index in [9.17, 15) is 0 Å². The largest absolute Gasteiger partial charge is 0.405 e. The summed E-state index contributed by atoms with van der Waals surface area (Å²) in [7, 11) is 3.60. The molecule has 0 amide bonds. The first kappa shape index (κ1) is 13.6. The van der Waals surface area contributed by atoms with Crippen molar-refractivity contribution in [1.82, 2.24) is 24.7 Å². The third-order valence-electron chi connectivity index (χ3n) is 3.37. The molecule has 8 nitrogen and oxygen atoms in total. The van der Waals surface area contributed by atoms with Gasteiger partial charge in [0, 0.05) is 33.3 Å². The Morgan fingerprint density at radius 1 is 1.19 bits per heavy atom. The summed E-state index contributed by atoms with van der Waals surface area (Å²) in [5.41, 5.74) is 0.884. The number of nitrogens with zero attached hydrogens (tertiary/aromatic N) is 6. The highest BCUT2D eigenvalue weighted by atomic mass is 16.5. The van der Waals surface area contributed by atoms with Gasteiger partial charge in [-0.3, -0.25) is 0 Å². The molecule has 0 spiro atoms. The first-order valence-corrected chi connectivity index (χ1v) is 7.03. The quantitative estimate of drug-likeness (QED) is 0.909. The molecule has 0 atom stereocenters. The predicted octanol–water partition coefficient (Wildman–Crippen LogP) is 1.35. The van der Waals surface area contributed by atoms with Crippen LogP contribution in [0.25, 0.3) is 0 Å². The van der Waals surface area contributed by atoms with Crippen LogP contribution in [-0.2, 0) is 7.05 Å². The summed E-state index contributed by atoms with van der Waals surface area (Å²) in [5.74, 6) is 1.76. The Labute approximate surface area is 123 Å². The van der Waals surface area contributed by atoms with Gasteiger partial charge in [-0.25, -0.2) is 4.68 Å². The SMILES string of the molecule is CNc1nc(Oc2cc(C)nn2C)nc(N2CCCC2)n1. The van der Waals surface area contributed by atoms with Crippen LogP contribution in [0.3, 0.4) is 0 Å². The van der Waals surface area contributed by atoms with E-state index in [1.807, 2.05) is 20.0 Å². The Balaban J connectivity index is 1.90. The number of hydrogen-bond acceptors (Lipinski definition) is 7. The molecule has 2 aromatic rings. The summed E-state index contributed by atoms with van der Waals surface area (Å²) in [6.07, 6.45) is 2.33. The molecule has 3 rings (SSSR count). The normalized spacial score (nSPS) is 14.5. The molecule has 1 aliphatic rings. The smallest absolute Gasteiger partial charge is 0.329 e. The van der Waals surface area contributed by atoms with Crippen LogP contribution in [0.15, 0.2) is 6.07 Å². The molecule has 1 aliphatic heterocycles. The lowest BCUT2D eigenvalue weighted by atomic mass is 10.4. The number of rotatable bonds is 4. The van der Waals surface area contributed by atoms with E-state index >= 15 is 0 Å². The fraction of sp³-hybridized carbons (Fsp3) is 0.538. The van der Waals surface area contributed by atoms with Gasteiger partial charge in [0.05, 0.1) is 5.69 Å². The van der Waals surface area contributed by atoms with Gasteiger partial charge in [-0.15, -0.1) is 0 Å². The molecule has 112 valence electrons. The van der Waals surface area contributed by atoms with Gasteiger partial charge in [0.15, 0.2) is 0 Å². The molecule has 21 heavy (non-hydrogen) atoms. The molecule has 0 radical (unpaired) electrons. The summed E-state index contributed by atoms with van der Waals surface area (Å²) in [6, 6.07) is 2.12. The lowest BCUT2D eigenvalue weighted by Crippen LogP contribution is -2.21. The minimum atomic E-state index is 0.277. The summed E-state index contributed by atoms with van der Waals surface area (Å²) >= 11 is 0. The van der Waals surface area contributed by atoms with E-state index in [1.54, 1.807) is 11.7 Å². The van der Waals surface area contributed by atoms with Gasteiger partial charge in [-0.05, 0) is 19.8 Å². The molecule has 0 saturated carbocycles. The molecule has 8 heteroatoms. The summed E-state index contributed by atoms with van der Waals surface area (Å²) < 4.78 is 7.40. The van der Waals surface area contributed by atoms with Crippen molar-refractivity contribution in [2.24, 2.45) is 7.05 Å². The second kappa shape index (κ2) is 5.55. The Hall–Kier alpha value is -2.38. The fourth-order valence-electron chi connectivity index (χ4n) is 2.34. The molecule has 0 aliphatic carbocycles. The van der Waals surface area contributed by atoms with Gasteiger partial charge in [-0.1, -0.05) is 0 Å². The number of aromatic nitrogens is 5. The fourth-order valence-corrected chi connectivity index (χ4v) is 2.34. The van der Waals surface area contributed by atoms with Crippen LogP contribution in [0.2, 0.25) is 0 Å². The van der Waals surface area contributed by atoms with Crippen LogP contribution in [0.1, 0.15) is 18.5 Å². The highest BCUT2D eigenvalue weighted by molar-refractivity contribution is 5.39. The Bertz CT molecular complexity index is 633. The van der Waals surface area contributed by atoms with Crippen LogP contribution in [-0.4, -0.2) is 44.9 Å². The van der Waals surface area contributed by atoms with Gasteiger partial charge >= 0.3 is 6.01 Å². The molecule has 1 N–H and O–H groups in total. The van der Waals surface area contributed by atoms with Crippen LogP contribution >= 0.6 is 0 Å². The molecule has 3 heterocycles. The number of hydrogen-bond donors (Lipinski definition) is 1. The zero-order chi connectivity index (χ0) is 14.8. The zero-order valence-electron chi connectivity index (χ0n) is 12.5. The van der Waals surface area contributed by atoms with Gasteiger partial charge < -0.3 is 15.0 Å². The number of ether oxygens (including phenoxy) is 1. The maximum Gasteiger partial charge on any atom is 0.329 e. The lowest BCUT2D eigenvalue weighted by molar-refractivity contribution is 0.398. The predicted molar refractivity (Wildman–Crippen MR) is 78.8 cm³/mol. The van der Waals surface area contributed by atoms with Crippen LogP contribution < -0.4 is 15.0 Å². The second-order valence-electron chi connectivity index (χ2n) is 5.04. The van der Waals surface area contributed by atoms with Gasteiger partial charge in [0.2, 0.25) is 17.8 Å². The number of anilines is 2.